The van der Waals surface area contributed by atoms with Gasteiger partial charge in [0, 0.05) is 19.2 Å². The molecule has 0 aromatic heterocycles. The maximum atomic E-state index is 12.2. The number of thioether (sulfide) groups is 1. The molecule has 0 saturated heterocycles. The van der Waals surface area contributed by atoms with Gasteiger partial charge in [-0.3, -0.25) is 4.79 Å². The Labute approximate surface area is 130 Å². The van der Waals surface area contributed by atoms with Crippen LogP contribution in [0, 0.1) is 0 Å². The molecule has 118 valence electrons. The maximum Gasteiger partial charge on any atom is 0.239 e. The van der Waals surface area contributed by atoms with Gasteiger partial charge >= 0.3 is 0 Å². The van der Waals surface area contributed by atoms with E-state index >= 15 is 0 Å². The number of carbonyl (C=O) groups is 1. The van der Waals surface area contributed by atoms with Gasteiger partial charge in [-0.05, 0) is 24.5 Å². The van der Waals surface area contributed by atoms with Gasteiger partial charge in [0.2, 0.25) is 5.91 Å². The van der Waals surface area contributed by atoms with Crippen LogP contribution in [0.5, 0.6) is 11.5 Å². The number of ether oxygens (including phenoxy) is 2. The minimum absolute atomic E-state index is 0.0612. The van der Waals surface area contributed by atoms with Gasteiger partial charge in [0.1, 0.15) is 0 Å². The Hall–Kier alpha value is -1.40. The highest BCUT2D eigenvalue weighted by atomic mass is 32.2. The molecule has 1 aromatic carbocycles. The van der Waals surface area contributed by atoms with E-state index in [9.17, 15) is 4.79 Å². The minimum Gasteiger partial charge on any atom is -0.493 e. The van der Waals surface area contributed by atoms with Crippen molar-refractivity contribution in [1.82, 2.24) is 4.90 Å². The molecule has 5 nitrogen and oxygen atoms in total. The number of hydrogen-bond donors (Lipinski definition) is 1. The largest absolute Gasteiger partial charge is 0.493 e. The van der Waals surface area contributed by atoms with Gasteiger partial charge < -0.3 is 20.1 Å². The Kier molecular flexibility index (Phi) is 7.39. The molecule has 1 aromatic rings. The van der Waals surface area contributed by atoms with Gasteiger partial charge in [-0.15, -0.1) is 0 Å². The van der Waals surface area contributed by atoms with Crippen molar-refractivity contribution < 1.29 is 14.3 Å². The van der Waals surface area contributed by atoms with Gasteiger partial charge in [-0.2, -0.15) is 11.8 Å². The zero-order valence-electron chi connectivity index (χ0n) is 13.1. The lowest BCUT2D eigenvalue weighted by Gasteiger charge is -2.22. The highest BCUT2D eigenvalue weighted by molar-refractivity contribution is 7.98. The number of methoxy groups -OCH3 is 2. The SMILES string of the molecule is COc1cccc(CN(C)C(=O)[C@@H](N)CCSC)c1OC. The Morgan fingerprint density at radius 1 is 1.38 bits per heavy atom. The molecule has 1 atom stereocenters. The lowest BCUT2D eigenvalue weighted by Crippen LogP contribution is -2.41. The monoisotopic (exact) mass is 312 g/mol. The zero-order chi connectivity index (χ0) is 15.8. The van der Waals surface area contributed by atoms with Crippen LogP contribution < -0.4 is 15.2 Å². The first-order chi connectivity index (χ1) is 10.0. The number of benzene rings is 1. The van der Waals surface area contributed by atoms with E-state index in [-0.39, 0.29) is 5.91 Å². The molecule has 0 fully saturated rings. The predicted octanol–water partition coefficient (Wildman–Crippen LogP) is 1.74. The van der Waals surface area contributed by atoms with Gasteiger partial charge in [0.25, 0.3) is 0 Å². The minimum atomic E-state index is -0.459. The first-order valence-electron chi connectivity index (χ1n) is 6.74. The summed E-state index contributed by atoms with van der Waals surface area (Å²) in [5.74, 6) is 2.12. The van der Waals surface area contributed by atoms with Crippen molar-refractivity contribution >= 4 is 17.7 Å². The number of nitrogens with zero attached hydrogens (tertiary/aromatic N) is 1. The third kappa shape index (κ3) is 4.82. The van der Waals surface area contributed by atoms with E-state index in [1.54, 1.807) is 37.9 Å². The van der Waals surface area contributed by atoms with Crippen LogP contribution in [0.3, 0.4) is 0 Å². The summed E-state index contributed by atoms with van der Waals surface area (Å²) in [7, 11) is 4.93. The van der Waals surface area contributed by atoms with Crippen LogP contribution in [0.25, 0.3) is 0 Å². The third-order valence-electron chi connectivity index (χ3n) is 3.22. The number of likely N-dealkylation sites (N-methyl/N-ethyl adjacent to an activating group) is 1. The number of para-hydroxylation sites is 1. The average Bonchev–Trinajstić information content (AvgIpc) is 2.51. The van der Waals surface area contributed by atoms with Crippen molar-refractivity contribution in [2.24, 2.45) is 5.73 Å². The highest BCUT2D eigenvalue weighted by Crippen LogP contribution is 2.31. The van der Waals surface area contributed by atoms with E-state index in [4.69, 9.17) is 15.2 Å². The van der Waals surface area contributed by atoms with Crippen LogP contribution in [-0.2, 0) is 11.3 Å². The lowest BCUT2D eigenvalue weighted by atomic mass is 10.1. The molecule has 21 heavy (non-hydrogen) atoms. The first-order valence-corrected chi connectivity index (χ1v) is 8.13. The van der Waals surface area contributed by atoms with Gasteiger partial charge in [0.05, 0.1) is 20.3 Å². The van der Waals surface area contributed by atoms with Crippen LogP contribution in [0.1, 0.15) is 12.0 Å². The molecule has 0 aliphatic rings. The third-order valence-corrected chi connectivity index (χ3v) is 3.86. The second-order valence-corrected chi connectivity index (χ2v) is 5.72. The summed E-state index contributed by atoms with van der Waals surface area (Å²) in [4.78, 5) is 13.9. The smallest absolute Gasteiger partial charge is 0.239 e. The van der Waals surface area contributed by atoms with Crippen LogP contribution in [0.15, 0.2) is 18.2 Å². The Morgan fingerprint density at radius 3 is 2.67 bits per heavy atom. The fourth-order valence-electron chi connectivity index (χ4n) is 2.06. The van der Waals surface area contributed by atoms with Gasteiger partial charge in [-0.1, -0.05) is 12.1 Å². The summed E-state index contributed by atoms with van der Waals surface area (Å²) in [6, 6.07) is 5.16. The number of nitrogens with two attached hydrogens (primary N) is 1. The van der Waals surface area contributed by atoms with E-state index in [2.05, 4.69) is 0 Å². The normalized spacial score (nSPS) is 11.9. The molecule has 2 N–H and O–H groups in total. The van der Waals surface area contributed by atoms with Crippen molar-refractivity contribution in [3.8, 4) is 11.5 Å². The van der Waals surface area contributed by atoms with Crippen molar-refractivity contribution in [3.63, 3.8) is 0 Å². The fraction of sp³-hybridized carbons (Fsp3) is 0.533. The molecule has 0 heterocycles. The van der Waals surface area contributed by atoms with E-state index in [0.717, 1.165) is 11.3 Å². The summed E-state index contributed by atoms with van der Waals surface area (Å²) in [6.45, 7) is 0.437. The standard InChI is InChI=1S/C15H24N2O3S/c1-17(15(18)12(16)8-9-21-4)10-11-6-5-7-13(19-2)14(11)20-3/h5-7,12H,8-10,16H2,1-4H3/t12-/m0/s1. The molecular weight excluding hydrogens is 288 g/mol. The molecule has 1 amide bonds. The summed E-state index contributed by atoms with van der Waals surface area (Å²) in [5.41, 5.74) is 6.82. The molecule has 0 saturated carbocycles. The first kappa shape index (κ1) is 17.7. The molecule has 6 heteroatoms. The predicted molar refractivity (Wildman–Crippen MR) is 87.0 cm³/mol. The van der Waals surface area contributed by atoms with E-state index in [0.29, 0.717) is 24.5 Å². The van der Waals surface area contributed by atoms with Crippen molar-refractivity contribution in [1.29, 1.82) is 0 Å². The highest BCUT2D eigenvalue weighted by Gasteiger charge is 2.19. The lowest BCUT2D eigenvalue weighted by molar-refractivity contribution is -0.131. The quantitative estimate of drug-likeness (QED) is 0.792. The zero-order valence-corrected chi connectivity index (χ0v) is 13.9. The molecule has 0 unspecified atom stereocenters. The summed E-state index contributed by atoms with van der Waals surface area (Å²) >= 11 is 1.69. The van der Waals surface area contributed by atoms with E-state index in [1.807, 2.05) is 24.5 Å². The number of carbonyl (C=O) groups excluding carboxylic acids is 1. The summed E-state index contributed by atoms with van der Waals surface area (Å²) in [6.07, 6.45) is 2.68. The molecule has 0 aliphatic carbocycles. The maximum absolute atomic E-state index is 12.2. The Bertz CT molecular complexity index is 468. The second-order valence-electron chi connectivity index (χ2n) is 4.73. The molecular formula is C15H24N2O3S. The Morgan fingerprint density at radius 2 is 2.10 bits per heavy atom. The van der Waals surface area contributed by atoms with E-state index in [1.165, 1.54) is 0 Å². The van der Waals surface area contributed by atoms with Crippen LogP contribution >= 0.6 is 11.8 Å². The average molecular weight is 312 g/mol. The molecule has 1 rings (SSSR count). The topological polar surface area (TPSA) is 64.8 Å². The Balaban J connectivity index is 2.78. The molecule has 0 aliphatic heterocycles. The van der Waals surface area contributed by atoms with Crippen LogP contribution in [0.2, 0.25) is 0 Å². The van der Waals surface area contributed by atoms with Crippen molar-refractivity contribution in [2.45, 2.75) is 19.0 Å². The van der Waals surface area contributed by atoms with Crippen molar-refractivity contribution in [2.75, 3.05) is 33.3 Å². The second kappa shape index (κ2) is 8.79. The molecule has 0 spiro atoms. The number of hydrogen-bond acceptors (Lipinski definition) is 5. The van der Waals surface area contributed by atoms with E-state index < -0.39 is 6.04 Å². The summed E-state index contributed by atoms with van der Waals surface area (Å²) in [5, 5.41) is 0. The van der Waals surface area contributed by atoms with Crippen LogP contribution in [-0.4, -0.2) is 50.1 Å². The van der Waals surface area contributed by atoms with Gasteiger partial charge in [0.15, 0.2) is 11.5 Å². The van der Waals surface area contributed by atoms with Gasteiger partial charge in [-0.25, -0.2) is 0 Å². The molecule has 0 radical (unpaired) electrons. The summed E-state index contributed by atoms with van der Waals surface area (Å²) < 4.78 is 10.6. The fourth-order valence-corrected chi connectivity index (χ4v) is 2.55. The van der Waals surface area contributed by atoms with Crippen molar-refractivity contribution in [3.05, 3.63) is 23.8 Å². The molecule has 0 bridgehead atoms. The van der Waals surface area contributed by atoms with Crippen LogP contribution in [0.4, 0.5) is 0 Å². The number of rotatable bonds is 8. The number of amides is 1.